The van der Waals surface area contributed by atoms with Crippen LogP contribution < -0.4 is 0 Å². The molecule has 1 amide bonds. The van der Waals surface area contributed by atoms with Gasteiger partial charge in [-0.2, -0.15) is 0 Å². The van der Waals surface area contributed by atoms with Crippen LogP contribution in [0.4, 0.5) is 0 Å². The number of amides is 1. The topological polar surface area (TPSA) is 49.8 Å². The van der Waals surface area contributed by atoms with Crippen molar-refractivity contribution in [3.05, 3.63) is 35.9 Å². The second-order valence-corrected chi connectivity index (χ2v) is 6.65. The Morgan fingerprint density at radius 1 is 1.30 bits per heavy atom. The van der Waals surface area contributed by atoms with Crippen LogP contribution in [0.3, 0.4) is 0 Å². The number of benzene rings is 1. The molecule has 0 aromatic heterocycles. The van der Waals surface area contributed by atoms with E-state index in [1.54, 1.807) is 4.90 Å². The van der Waals surface area contributed by atoms with Gasteiger partial charge in [-0.15, -0.1) is 0 Å². The molecule has 2 heterocycles. The Bertz CT molecular complexity index is 603. The van der Waals surface area contributed by atoms with Gasteiger partial charge in [0.05, 0.1) is 18.1 Å². The van der Waals surface area contributed by atoms with E-state index in [0.29, 0.717) is 5.92 Å². The van der Waals surface area contributed by atoms with Crippen LogP contribution in [0.15, 0.2) is 30.3 Å². The van der Waals surface area contributed by atoms with E-state index in [1.807, 2.05) is 37.4 Å². The molecule has 104 valence electrons. The van der Waals surface area contributed by atoms with Crippen molar-refractivity contribution < 1.29 is 14.6 Å². The van der Waals surface area contributed by atoms with Crippen molar-refractivity contribution >= 4 is 5.91 Å². The van der Waals surface area contributed by atoms with E-state index in [0.717, 1.165) is 12.0 Å². The fourth-order valence-electron chi connectivity index (χ4n) is 5.46. The van der Waals surface area contributed by atoms with Crippen LogP contribution in [0.25, 0.3) is 0 Å². The molecule has 1 aromatic carbocycles. The third-order valence-corrected chi connectivity index (χ3v) is 6.12. The molecule has 1 aromatic rings. The van der Waals surface area contributed by atoms with E-state index in [4.69, 9.17) is 4.74 Å². The summed E-state index contributed by atoms with van der Waals surface area (Å²) in [6, 6.07) is 10.0. The Kier molecular flexibility index (Phi) is 1.84. The van der Waals surface area contributed by atoms with Crippen molar-refractivity contribution in [3.8, 4) is 0 Å². The summed E-state index contributed by atoms with van der Waals surface area (Å²) >= 11 is 0. The first-order valence-electron chi connectivity index (χ1n) is 7.35. The summed E-state index contributed by atoms with van der Waals surface area (Å²) in [5.74, 6) is 0.718. The molecule has 7 unspecified atom stereocenters. The monoisotopic (exact) mass is 271 g/mol. The minimum absolute atomic E-state index is 0.0565. The van der Waals surface area contributed by atoms with Crippen LogP contribution in [0, 0.1) is 23.7 Å². The first kappa shape index (κ1) is 11.3. The molecule has 2 saturated carbocycles. The maximum absolute atomic E-state index is 12.7. The number of aliphatic hydroxyl groups excluding tert-OH is 1. The number of hydrogen-bond acceptors (Lipinski definition) is 3. The zero-order chi connectivity index (χ0) is 13.6. The highest BCUT2D eigenvalue weighted by Crippen LogP contribution is 2.69. The Labute approximate surface area is 117 Å². The molecule has 4 nitrogen and oxygen atoms in total. The minimum atomic E-state index is -0.648. The minimum Gasteiger partial charge on any atom is -0.390 e. The molecule has 1 N–H and O–H groups in total. The molecule has 4 aliphatic rings. The largest absolute Gasteiger partial charge is 0.390 e. The highest BCUT2D eigenvalue weighted by molar-refractivity contribution is 5.84. The molecule has 5 rings (SSSR count). The number of hydrogen-bond donors (Lipinski definition) is 1. The van der Waals surface area contributed by atoms with E-state index >= 15 is 0 Å². The molecule has 20 heavy (non-hydrogen) atoms. The van der Waals surface area contributed by atoms with Crippen molar-refractivity contribution in [2.45, 2.75) is 24.4 Å². The highest BCUT2D eigenvalue weighted by atomic mass is 16.6. The van der Waals surface area contributed by atoms with Crippen LogP contribution >= 0.6 is 0 Å². The number of ether oxygens (including phenoxy) is 1. The van der Waals surface area contributed by atoms with Crippen LogP contribution in [0.2, 0.25) is 0 Å². The van der Waals surface area contributed by atoms with Crippen molar-refractivity contribution in [2.24, 2.45) is 23.7 Å². The molecule has 0 spiro atoms. The van der Waals surface area contributed by atoms with Gasteiger partial charge in [-0.1, -0.05) is 30.3 Å². The van der Waals surface area contributed by atoms with Crippen LogP contribution in [0.1, 0.15) is 12.0 Å². The van der Waals surface area contributed by atoms with Gasteiger partial charge in [0, 0.05) is 18.5 Å². The zero-order valence-corrected chi connectivity index (χ0v) is 11.3. The van der Waals surface area contributed by atoms with Gasteiger partial charge in [0.25, 0.3) is 0 Å². The van der Waals surface area contributed by atoms with Gasteiger partial charge in [-0.3, -0.25) is 4.79 Å². The van der Waals surface area contributed by atoms with Crippen molar-refractivity contribution in [2.75, 3.05) is 7.05 Å². The lowest BCUT2D eigenvalue weighted by Crippen LogP contribution is -2.46. The Balaban J connectivity index is 1.75. The van der Waals surface area contributed by atoms with Crippen molar-refractivity contribution in [1.29, 1.82) is 0 Å². The molecule has 0 radical (unpaired) electrons. The average Bonchev–Trinajstić information content (AvgIpc) is 3.12. The summed E-state index contributed by atoms with van der Waals surface area (Å²) in [4.78, 5) is 14.5. The van der Waals surface area contributed by atoms with E-state index in [9.17, 15) is 9.90 Å². The Morgan fingerprint density at radius 2 is 2.05 bits per heavy atom. The lowest BCUT2D eigenvalue weighted by molar-refractivity contribution is -0.176. The van der Waals surface area contributed by atoms with Crippen LogP contribution in [-0.4, -0.2) is 35.2 Å². The summed E-state index contributed by atoms with van der Waals surface area (Å²) < 4.78 is 6.35. The Hall–Kier alpha value is -1.39. The number of carbonyl (C=O) groups is 1. The van der Waals surface area contributed by atoms with E-state index in [1.165, 1.54) is 0 Å². The van der Waals surface area contributed by atoms with Gasteiger partial charge < -0.3 is 14.7 Å². The number of rotatable bonds is 1. The zero-order valence-electron chi connectivity index (χ0n) is 11.3. The fourth-order valence-corrected chi connectivity index (χ4v) is 5.46. The van der Waals surface area contributed by atoms with Gasteiger partial charge >= 0.3 is 0 Å². The molecule has 2 bridgehead atoms. The number of likely N-dealkylation sites (tertiary alicyclic amines) is 1. The molecule has 4 fully saturated rings. The predicted molar refractivity (Wildman–Crippen MR) is 70.3 cm³/mol. The second kappa shape index (κ2) is 3.26. The molecule has 2 aliphatic heterocycles. The third kappa shape index (κ3) is 0.940. The number of fused-ring (bicyclic) bond motifs is 2. The molecule has 7 atom stereocenters. The smallest absolute Gasteiger partial charge is 0.228 e. The van der Waals surface area contributed by atoms with E-state index in [-0.39, 0.29) is 29.8 Å². The van der Waals surface area contributed by atoms with Crippen LogP contribution in [0.5, 0.6) is 0 Å². The normalized spacial score (nSPS) is 51.3. The Morgan fingerprint density at radius 3 is 2.80 bits per heavy atom. The lowest BCUT2D eigenvalue weighted by Gasteiger charge is -2.37. The quantitative estimate of drug-likeness (QED) is 0.827. The first-order valence-corrected chi connectivity index (χ1v) is 7.35. The van der Waals surface area contributed by atoms with E-state index < -0.39 is 11.8 Å². The van der Waals surface area contributed by atoms with Gasteiger partial charge in [-0.05, 0) is 18.3 Å². The SMILES string of the molecule is CN1C(=O)C2C3CC4C(OC1(c1ccccc1)C42)C3O. The maximum atomic E-state index is 12.7. The van der Waals surface area contributed by atoms with Gasteiger partial charge in [0.2, 0.25) is 5.91 Å². The third-order valence-electron chi connectivity index (χ3n) is 6.12. The number of nitrogens with zero attached hydrogens (tertiary/aromatic N) is 1. The predicted octanol–water partition coefficient (Wildman–Crippen LogP) is 0.953. The summed E-state index contributed by atoms with van der Waals surface area (Å²) in [7, 11) is 1.85. The summed E-state index contributed by atoms with van der Waals surface area (Å²) in [5, 5.41) is 10.4. The van der Waals surface area contributed by atoms with Crippen molar-refractivity contribution in [3.63, 3.8) is 0 Å². The summed E-state index contributed by atoms with van der Waals surface area (Å²) in [5.41, 5.74) is 0.399. The molecule has 2 saturated heterocycles. The first-order chi connectivity index (χ1) is 9.66. The fraction of sp³-hybridized carbons (Fsp3) is 0.562. The molecule has 4 heteroatoms. The standard InChI is InChI=1S/C16H17NO3/c1-17-15(19)11-9-7-10-12(11)16(17,20-14(10)13(9)18)8-5-3-2-4-6-8/h2-6,9-14,18H,7H2,1H3. The molecule has 2 aliphatic carbocycles. The number of aliphatic hydroxyl groups is 1. The van der Waals surface area contributed by atoms with Gasteiger partial charge in [-0.25, -0.2) is 0 Å². The van der Waals surface area contributed by atoms with Gasteiger partial charge in [0.1, 0.15) is 0 Å². The van der Waals surface area contributed by atoms with E-state index in [2.05, 4.69) is 0 Å². The average molecular weight is 271 g/mol. The maximum Gasteiger partial charge on any atom is 0.228 e. The van der Waals surface area contributed by atoms with Gasteiger partial charge in [0.15, 0.2) is 5.72 Å². The number of carbonyl (C=O) groups excluding carboxylic acids is 1. The molecular formula is C16H17NO3. The lowest BCUT2D eigenvalue weighted by atomic mass is 9.75. The highest BCUT2D eigenvalue weighted by Gasteiger charge is 2.78. The summed E-state index contributed by atoms with van der Waals surface area (Å²) in [6.45, 7) is 0. The van der Waals surface area contributed by atoms with Crippen LogP contribution in [-0.2, 0) is 15.3 Å². The molecular weight excluding hydrogens is 254 g/mol. The second-order valence-electron chi connectivity index (χ2n) is 6.65. The summed E-state index contributed by atoms with van der Waals surface area (Å²) in [6.07, 6.45) is 0.372. The van der Waals surface area contributed by atoms with Crippen molar-refractivity contribution in [1.82, 2.24) is 4.90 Å².